The summed E-state index contributed by atoms with van der Waals surface area (Å²) >= 11 is 6.11. The number of anilines is 1. The lowest BCUT2D eigenvalue weighted by atomic mass is 10.3. The number of rotatable bonds is 5. The van der Waals surface area contributed by atoms with Crippen molar-refractivity contribution in [2.24, 2.45) is 0 Å². The number of halogens is 1. The minimum atomic E-state index is -0.683. The van der Waals surface area contributed by atoms with E-state index in [1.807, 2.05) is 11.9 Å². The molecule has 1 aromatic rings. The van der Waals surface area contributed by atoms with Crippen molar-refractivity contribution in [1.29, 1.82) is 0 Å². The van der Waals surface area contributed by atoms with Crippen molar-refractivity contribution in [3.05, 3.63) is 16.9 Å². The van der Waals surface area contributed by atoms with Gasteiger partial charge < -0.3 is 19.3 Å². The van der Waals surface area contributed by atoms with Gasteiger partial charge in [-0.3, -0.25) is 4.79 Å². The third kappa shape index (κ3) is 3.24. The van der Waals surface area contributed by atoms with Crippen molar-refractivity contribution < 1.29 is 19.1 Å². The van der Waals surface area contributed by atoms with Gasteiger partial charge in [0.2, 0.25) is 5.95 Å². The van der Waals surface area contributed by atoms with Gasteiger partial charge in [0, 0.05) is 13.6 Å². The number of aromatic nitrogens is 2. The molecule has 9 heteroatoms. The van der Waals surface area contributed by atoms with Gasteiger partial charge in [0.25, 0.3) is 5.91 Å². The molecule has 8 nitrogen and oxygen atoms in total. The van der Waals surface area contributed by atoms with Gasteiger partial charge >= 0.3 is 6.16 Å². The third-order valence-electron chi connectivity index (χ3n) is 4.12. The molecule has 2 saturated heterocycles. The van der Waals surface area contributed by atoms with Crippen molar-refractivity contribution in [2.75, 3.05) is 31.6 Å². The van der Waals surface area contributed by atoms with Gasteiger partial charge in [0.15, 0.2) is 17.9 Å². The van der Waals surface area contributed by atoms with Gasteiger partial charge in [-0.1, -0.05) is 24.9 Å². The molecule has 0 spiro atoms. The first-order chi connectivity index (χ1) is 11.5. The zero-order chi connectivity index (χ0) is 17.3. The lowest BCUT2D eigenvalue weighted by Gasteiger charge is -2.20. The van der Waals surface area contributed by atoms with Crippen LogP contribution in [0.15, 0.2) is 6.20 Å². The van der Waals surface area contributed by atoms with Crippen LogP contribution in [0.2, 0.25) is 5.02 Å². The molecule has 0 aromatic carbocycles. The van der Waals surface area contributed by atoms with Crippen molar-refractivity contribution in [2.45, 2.75) is 32.0 Å². The van der Waals surface area contributed by atoms with Crippen molar-refractivity contribution in [3.63, 3.8) is 0 Å². The quantitative estimate of drug-likeness (QED) is 0.744. The Morgan fingerprint density at radius 1 is 1.42 bits per heavy atom. The molecule has 0 saturated carbocycles. The molecule has 0 radical (unpaired) electrons. The number of likely N-dealkylation sites (tertiary alicyclic amines) is 1. The van der Waals surface area contributed by atoms with E-state index in [9.17, 15) is 9.59 Å². The first-order valence-electron chi connectivity index (χ1n) is 7.89. The van der Waals surface area contributed by atoms with Crippen LogP contribution < -0.4 is 4.90 Å². The van der Waals surface area contributed by atoms with Gasteiger partial charge in [-0.25, -0.2) is 14.8 Å². The maximum atomic E-state index is 12.7. The summed E-state index contributed by atoms with van der Waals surface area (Å²) in [6.07, 6.45) is 1.97. The lowest BCUT2D eigenvalue weighted by Crippen LogP contribution is -2.33. The molecule has 0 N–H and O–H groups in total. The summed E-state index contributed by atoms with van der Waals surface area (Å²) in [6.45, 7) is 3.45. The Morgan fingerprint density at radius 3 is 2.71 bits per heavy atom. The molecule has 0 aliphatic carbocycles. The summed E-state index contributed by atoms with van der Waals surface area (Å²) in [5.74, 6) is 0.139. The minimum absolute atomic E-state index is 0.149. The smallest absolute Gasteiger partial charge is 0.425 e. The van der Waals surface area contributed by atoms with E-state index in [0.717, 1.165) is 19.4 Å². The highest BCUT2D eigenvalue weighted by atomic mass is 35.5. The van der Waals surface area contributed by atoms with E-state index >= 15 is 0 Å². The first-order valence-corrected chi connectivity index (χ1v) is 8.27. The number of hydrogen-bond acceptors (Lipinski definition) is 7. The minimum Gasteiger partial charge on any atom is -0.425 e. The number of hydrogen-bond donors (Lipinski definition) is 0. The highest BCUT2D eigenvalue weighted by Gasteiger charge is 2.46. The highest BCUT2D eigenvalue weighted by Crippen LogP contribution is 2.26. The van der Waals surface area contributed by atoms with E-state index in [4.69, 9.17) is 21.1 Å². The Bertz CT molecular complexity index is 640. The molecule has 0 unspecified atom stereocenters. The normalized spacial score (nSPS) is 22.1. The average Bonchev–Trinajstić information content (AvgIpc) is 3.09. The van der Waals surface area contributed by atoms with Gasteiger partial charge in [0.05, 0.1) is 24.3 Å². The Hall–Kier alpha value is -2.09. The third-order valence-corrected chi connectivity index (χ3v) is 4.40. The van der Waals surface area contributed by atoms with E-state index in [1.165, 1.54) is 11.1 Å². The van der Waals surface area contributed by atoms with Crippen LogP contribution in [0, 0.1) is 0 Å². The standard InChI is InChI=1S/C15H19ClN4O4/c1-3-4-5-19(2)14-17-6-9(16)12(18-14)13(21)20-7-10-11(8-20)24-15(22)23-10/h6,10-11H,3-5,7-8H2,1-2H3/t10-,11+. The molecular formula is C15H19ClN4O4. The molecule has 1 amide bonds. The van der Waals surface area contributed by atoms with Crippen LogP contribution in [0.4, 0.5) is 10.7 Å². The van der Waals surface area contributed by atoms with Crippen LogP contribution in [0.3, 0.4) is 0 Å². The molecule has 1 aromatic heterocycles. The zero-order valence-electron chi connectivity index (χ0n) is 13.6. The SMILES string of the molecule is CCCCN(C)c1ncc(Cl)c(C(=O)N2C[C@@H]3OC(=O)O[C@@H]3C2)n1. The Labute approximate surface area is 144 Å². The van der Waals surface area contributed by atoms with Gasteiger partial charge in [-0.05, 0) is 6.42 Å². The van der Waals surface area contributed by atoms with Crippen LogP contribution in [-0.2, 0) is 9.47 Å². The highest BCUT2D eigenvalue weighted by molar-refractivity contribution is 6.33. The molecule has 2 aliphatic rings. The maximum Gasteiger partial charge on any atom is 0.509 e. The molecule has 0 bridgehead atoms. The van der Waals surface area contributed by atoms with E-state index < -0.39 is 18.4 Å². The topological polar surface area (TPSA) is 84.9 Å². The number of carbonyl (C=O) groups excluding carboxylic acids is 2. The fourth-order valence-corrected chi connectivity index (χ4v) is 2.92. The maximum absolute atomic E-state index is 12.7. The Balaban J connectivity index is 1.74. The second kappa shape index (κ2) is 6.80. The van der Waals surface area contributed by atoms with E-state index in [0.29, 0.717) is 5.95 Å². The zero-order valence-corrected chi connectivity index (χ0v) is 14.3. The van der Waals surface area contributed by atoms with Crippen LogP contribution >= 0.6 is 11.6 Å². The number of fused-ring (bicyclic) bond motifs is 1. The summed E-state index contributed by atoms with van der Waals surface area (Å²) < 4.78 is 10.0. The van der Waals surface area contributed by atoms with Gasteiger partial charge in [0.1, 0.15) is 0 Å². The fraction of sp³-hybridized carbons (Fsp3) is 0.600. The summed E-state index contributed by atoms with van der Waals surface area (Å²) in [5, 5.41) is 0.197. The largest absolute Gasteiger partial charge is 0.509 e. The van der Waals surface area contributed by atoms with Crippen LogP contribution in [0.25, 0.3) is 0 Å². The Morgan fingerprint density at radius 2 is 2.08 bits per heavy atom. The second-order valence-electron chi connectivity index (χ2n) is 5.91. The summed E-state index contributed by atoms with van der Waals surface area (Å²) in [4.78, 5) is 35.7. The summed E-state index contributed by atoms with van der Waals surface area (Å²) in [7, 11) is 1.88. The van der Waals surface area contributed by atoms with Crippen molar-refractivity contribution in [1.82, 2.24) is 14.9 Å². The second-order valence-corrected chi connectivity index (χ2v) is 6.32. The Kier molecular flexibility index (Phi) is 4.75. The predicted octanol–water partition coefficient (Wildman–Crippen LogP) is 1.73. The van der Waals surface area contributed by atoms with E-state index in [1.54, 1.807) is 0 Å². The number of amides is 1. The van der Waals surface area contributed by atoms with Crippen molar-refractivity contribution >= 4 is 29.6 Å². The first kappa shape index (κ1) is 16.8. The van der Waals surface area contributed by atoms with Gasteiger partial charge in [-0.2, -0.15) is 0 Å². The van der Waals surface area contributed by atoms with Gasteiger partial charge in [-0.15, -0.1) is 0 Å². The number of ether oxygens (including phenoxy) is 2. The molecule has 3 heterocycles. The van der Waals surface area contributed by atoms with E-state index in [-0.39, 0.29) is 29.7 Å². The molecule has 2 atom stereocenters. The van der Waals surface area contributed by atoms with Crippen LogP contribution in [0.1, 0.15) is 30.3 Å². The monoisotopic (exact) mass is 354 g/mol. The molecule has 130 valence electrons. The lowest BCUT2D eigenvalue weighted by molar-refractivity contribution is 0.0668. The van der Waals surface area contributed by atoms with E-state index in [2.05, 4.69) is 16.9 Å². The van der Waals surface area contributed by atoms with Crippen molar-refractivity contribution in [3.8, 4) is 0 Å². The fourth-order valence-electron chi connectivity index (χ4n) is 2.75. The number of nitrogens with zero attached hydrogens (tertiary/aromatic N) is 4. The average molecular weight is 355 g/mol. The molecule has 3 rings (SSSR count). The number of carbonyl (C=O) groups is 2. The summed E-state index contributed by atoms with van der Waals surface area (Å²) in [5.41, 5.74) is 0.149. The molecular weight excluding hydrogens is 336 g/mol. The summed E-state index contributed by atoms with van der Waals surface area (Å²) in [6, 6.07) is 0. The molecule has 2 fully saturated rings. The predicted molar refractivity (Wildman–Crippen MR) is 86.3 cm³/mol. The number of unbranched alkanes of at least 4 members (excludes halogenated alkanes) is 1. The van der Waals surface area contributed by atoms with Crippen LogP contribution in [0.5, 0.6) is 0 Å². The molecule has 2 aliphatic heterocycles. The molecule has 24 heavy (non-hydrogen) atoms. The van der Waals surface area contributed by atoms with Crippen LogP contribution in [-0.4, -0.2) is 65.8 Å².